The predicted octanol–water partition coefficient (Wildman–Crippen LogP) is 4.85. The molecule has 0 amide bonds. The summed E-state index contributed by atoms with van der Waals surface area (Å²) in [4.78, 5) is 11.8. The molecule has 0 radical (unpaired) electrons. The molecule has 0 saturated heterocycles. The van der Waals surface area contributed by atoms with Gasteiger partial charge in [0, 0.05) is 6.42 Å². The summed E-state index contributed by atoms with van der Waals surface area (Å²) in [5.74, 6) is -0.465. The number of nitriles is 1. The molecule has 28 heavy (non-hydrogen) atoms. The lowest BCUT2D eigenvalue weighted by molar-refractivity contribution is 0.0396. The molecule has 0 aliphatic carbocycles. The Morgan fingerprint density at radius 1 is 0.964 bits per heavy atom. The third kappa shape index (κ3) is 4.85. The first-order valence-corrected chi connectivity index (χ1v) is 9.03. The minimum Gasteiger partial charge on any atom is -0.465 e. The van der Waals surface area contributed by atoms with Gasteiger partial charge in [-0.2, -0.15) is 5.26 Å². The summed E-state index contributed by atoms with van der Waals surface area (Å²) in [5.41, 5.74) is 3.70. The van der Waals surface area contributed by atoms with Gasteiger partial charge in [-0.05, 0) is 28.8 Å². The van der Waals surface area contributed by atoms with Crippen molar-refractivity contribution in [3.05, 3.63) is 107 Å². The molecule has 0 aliphatic rings. The van der Waals surface area contributed by atoms with Crippen LogP contribution in [-0.4, -0.2) is 13.1 Å². The number of ether oxygens (including phenoxy) is 2. The molecule has 0 aliphatic heterocycles. The summed E-state index contributed by atoms with van der Waals surface area (Å²) in [6.07, 6.45) is 0.309. The van der Waals surface area contributed by atoms with Gasteiger partial charge in [0.1, 0.15) is 0 Å². The highest BCUT2D eigenvalue weighted by Crippen LogP contribution is 2.27. The summed E-state index contributed by atoms with van der Waals surface area (Å²) in [7, 11) is 1.32. The van der Waals surface area contributed by atoms with Crippen molar-refractivity contribution in [3.8, 4) is 6.07 Å². The Morgan fingerprint density at radius 2 is 1.61 bits per heavy atom. The van der Waals surface area contributed by atoms with Crippen LogP contribution in [0.4, 0.5) is 0 Å². The Kier molecular flexibility index (Phi) is 6.56. The van der Waals surface area contributed by atoms with Crippen LogP contribution in [0, 0.1) is 11.3 Å². The van der Waals surface area contributed by atoms with Crippen LogP contribution in [0.3, 0.4) is 0 Å². The van der Waals surface area contributed by atoms with E-state index in [0.29, 0.717) is 24.2 Å². The standard InChI is InChI=1S/C24H21NO3/c1-27-24(26)20-12-13-22(21(15-20)16-25)23(14-18-8-4-2-5-9-18)28-17-19-10-6-3-7-11-19/h2-13,15,23H,14,17H2,1H3. The summed E-state index contributed by atoms with van der Waals surface area (Å²) in [6, 6.07) is 27.1. The molecule has 0 aromatic heterocycles. The van der Waals surface area contributed by atoms with Crippen LogP contribution < -0.4 is 0 Å². The van der Waals surface area contributed by atoms with E-state index < -0.39 is 5.97 Å². The first-order valence-electron chi connectivity index (χ1n) is 9.03. The first kappa shape index (κ1) is 19.3. The van der Waals surface area contributed by atoms with E-state index >= 15 is 0 Å². The Morgan fingerprint density at radius 3 is 2.21 bits per heavy atom. The number of hydrogen-bond donors (Lipinski definition) is 0. The maximum atomic E-state index is 11.8. The van der Waals surface area contributed by atoms with Crippen molar-refractivity contribution in [3.63, 3.8) is 0 Å². The second-order valence-electron chi connectivity index (χ2n) is 6.38. The van der Waals surface area contributed by atoms with Crippen molar-refractivity contribution in [1.82, 2.24) is 0 Å². The Hall–Kier alpha value is -3.42. The van der Waals surface area contributed by atoms with E-state index in [1.165, 1.54) is 7.11 Å². The van der Waals surface area contributed by atoms with Crippen molar-refractivity contribution < 1.29 is 14.3 Å². The number of hydrogen-bond acceptors (Lipinski definition) is 4. The molecule has 4 heteroatoms. The lowest BCUT2D eigenvalue weighted by Gasteiger charge is -2.20. The van der Waals surface area contributed by atoms with Gasteiger partial charge in [0.05, 0.1) is 37.0 Å². The second-order valence-corrected chi connectivity index (χ2v) is 6.38. The quantitative estimate of drug-likeness (QED) is 0.557. The average Bonchev–Trinajstić information content (AvgIpc) is 2.77. The lowest BCUT2D eigenvalue weighted by Crippen LogP contribution is -2.11. The molecule has 0 saturated carbocycles. The Bertz CT molecular complexity index is 962. The molecular weight excluding hydrogens is 350 g/mol. The van der Waals surface area contributed by atoms with E-state index in [9.17, 15) is 10.1 Å². The number of benzene rings is 3. The molecule has 3 aromatic rings. The minimum absolute atomic E-state index is 0.316. The number of carbonyl (C=O) groups excluding carboxylic acids is 1. The van der Waals surface area contributed by atoms with Crippen molar-refractivity contribution in [2.24, 2.45) is 0 Å². The molecule has 4 nitrogen and oxygen atoms in total. The highest BCUT2D eigenvalue weighted by atomic mass is 16.5. The van der Waals surface area contributed by atoms with E-state index in [1.54, 1.807) is 18.2 Å². The van der Waals surface area contributed by atoms with Crippen LogP contribution in [0.1, 0.15) is 38.7 Å². The average molecular weight is 371 g/mol. The van der Waals surface area contributed by atoms with Crippen molar-refractivity contribution in [2.45, 2.75) is 19.1 Å². The molecular formula is C24H21NO3. The normalized spacial score (nSPS) is 11.4. The van der Waals surface area contributed by atoms with E-state index in [-0.39, 0.29) is 6.10 Å². The van der Waals surface area contributed by atoms with Gasteiger partial charge in [0.15, 0.2) is 0 Å². The zero-order chi connectivity index (χ0) is 19.8. The predicted molar refractivity (Wildman–Crippen MR) is 107 cm³/mol. The summed E-state index contributed by atoms with van der Waals surface area (Å²) < 4.78 is 11.0. The van der Waals surface area contributed by atoms with Gasteiger partial charge in [0.25, 0.3) is 0 Å². The van der Waals surface area contributed by atoms with Crippen LogP contribution >= 0.6 is 0 Å². The van der Waals surface area contributed by atoms with Crippen molar-refractivity contribution in [1.29, 1.82) is 5.26 Å². The molecule has 0 N–H and O–H groups in total. The second kappa shape index (κ2) is 9.50. The fraction of sp³-hybridized carbons (Fsp3) is 0.167. The summed E-state index contributed by atoms with van der Waals surface area (Å²) in [6.45, 7) is 0.433. The monoisotopic (exact) mass is 371 g/mol. The van der Waals surface area contributed by atoms with Crippen molar-refractivity contribution >= 4 is 5.97 Å². The van der Waals surface area contributed by atoms with Crippen LogP contribution in [-0.2, 0) is 22.5 Å². The molecule has 0 spiro atoms. The molecule has 140 valence electrons. The maximum Gasteiger partial charge on any atom is 0.337 e. The highest BCUT2D eigenvalue weighted by molar-refractivity contribution is 5.89. The molecule has 0 fully saturated rings. The summed E-state index contributed by atoms with van der Waals surface area (Å²) >= 11 is 0. The Balaban J connectivity index is 1.91. The van der Waals surface area contributed by atoms with Crippen LogP contribution in [0.2, 0.25) is 0 Å². The van der Waals surface area contributed by atoms with Gasteiger partial charge >= 0.3 is 5.97 Å². The molecule has 0 heterocycles. The van der Waals surface area contributed by atoms with Gasteiger partial charge < -0.3 is 9.47 Å². The molecule has 3 rings (SSSR count). The van der Waals surface area contributed by atoms with Crippen LogP contribution in [0.25, 0.3) is 0 Å². The molecule has 1 atom stereocenters. The van der Waals surface area contributed by atoms with E-state index in [0.717, 1.165) is 16.7 Å². The van der Waals surface area contributed by atoms with Gasteiger partial charge in [-0.3, -0.25) is 0 Å². The van der Waals surface area contributed by atoms with Gasteiger partial charge in [0.2, 0.25) is 0 Å². The van der Waals surface area contributed by atoms with E-state index in [1.807, 2.05) is 60.7 Å². The van der Waals surface area contributed by atoms with Gasteiger partial charge in [-0.15, -0.1) is 0 Å². The van der Waals surface area contributed by atoms with Crippen LogP contribution in [0.15, 0.2) is 78.9 Å². The zero-order valence-corrected chi connectivity index (χ0v) is 15.7. The molecule has 3 aromatic carbocycles. The lowest BCUT2D eigenvalue weighted by atomic mass is 9.95. The highest BCUT2D eigenvalue weighted by Gasteiger charge is 2.19. The van der Waals surface area contributed by atoms with E-state index in [4.69, 9.17) is 9.47 Å². The zero-order valence-electron chi connectivity index (χ0n) is 15.7. The fourth-order valence-electron chi connectivity index (χ4n) is 3.04. The number of nitrogens with zero attached hydrogens (tertiary/aromatic N) is 1. The number of carbonyl (C=O) groups is 1. The minimum atomic E-state index is -0.465. The largest absolute Gasteiger partial charge is 0.465 e. The SMILES string of the molecule is COC(=O)c1ccc(C(Cc2ccccc2)OCc2ccccc2)c(C#N)c1. The fourth-order valence-corrected chi connectivity index (χ4v) is 3.04. The molecule has 0 bridgehead atoms. The maximum absolute atomic E-state index is 11.8. The Labute approximate surface area is 165 Å². The molecule has 1 unspecified atom stereocenters. The number of methoxy groups -OCH3 is 1. The number of esters is 1. The third-order valence-electron chi connectivity index (χ3n) is 4.50. The summed E-state index contributed by atoms with van der Waals surface area (Å²) in [5, 5.41) is 9.64. The smallest absolute Gasteiger partial charge is 0.337 e. The third-order valence-corrected chi connectivity index (χ3v) is 4.50. The van der Waals surface area contributed by atoms with Gasteiger partial charge in [-0.25, -0.2) is 4.79 Å². The number of rotatable bonds is 7. The van der Waals surface area contributed by atoms with Crippen LogP contribution in [0.5, 0.6) is 0 Å². The van der Waals surface area contributed by atoms with Gasteiger partial charge in [-0.1, -0.05) is 66.7 Å². The van der Waals surface area contributed by atoms with E-state index in [2.05, 4.69) is 6.07 Å². The van der Waals surface area contributed by atoms with Crippen molar-refractivity contribution in [2.75, 3.05) is 7.11 Å². The first-order chi connectivity index (χ1) is 13.7. The topological polar surface area (TPSA) is 59.3 Å².